The molecule has 1 aromatic heterocycles. The Balaban J connectivity index is 1.38. The number of nitrogens with one attached hydrogen (secondary N) is 2. The van der Waals surface area contributed by atoms with E-state index in [1.165, 1.54) is 7.11 Å². The van der Waals surface area contributed by atoms with Crippen molar-refractivity contribution in [2.75, 3.05) is 24.4 Å². The van der Waals surface area contributed by atoms with Crippen LogP contribution in [-0.4, -0.2) is 35.3 Å². The van der Waals surface area contributed by atoms with Gasteiger partial charge in [0.15, 0.2) is 23.8 Å². The van der Waals surface area contributed by atoms with Crippen LogP contribution in [0.1, 0.15) is 16.2 Å². The van der Waals surface area contributed by atoms with Gasteiger partial charge in [0.25, 0.3) is 11.8 Å². The summed E-state index contributed by atoms with van der Waals surface area (Å²) in [5.74, 6) is 0.337. The van der Waals surface area contributed by atoms with Gasteiger partial charge in [-0.15, -0.1) is 0 Å². The van der Waals surface area contributed by atoms with E-state index in [2.05, 4.69) is 15.7 Å². The zero-order valence-electron chi connectivity index (χ0n) is 18.8. The van der Waals surface area contributed by atoms with E-state index in [0.29, 0.717) is 28.6 Å². The number of anilines is 2. The molecule has 0 radical (unpaired) electrons. The summed E-state index contributed by atoms with van der Waals surface area (Å²) in [5, 5.41) is 10.0. The molecule has 0 saturated heterocycles. The Morgan fingerprint density at radius 1 is 0.853 bits per heavy atom. The van der Waals surface area contributed by atoms with Crippen LogP contribution in [0.15, 0.2) is 84.9 Å². The summed E-state index contributed by atoms with van der Waals surface area (Å²) in [6.07, 6.45) is 0. The van der Waals surface area contributed by atoms with Crippen molar-refractivity contribution in [2.45, 2.75) is 6.92 Å². The van der Waals surface area contributed by atoms with Crippen LogP contribution in [0.3, 0.4) is 0 Å². The third-order valence-electron chi connectivity index (χ3n) is 4.95. The number of aromatic nitrogens is 2. The first-order chi connectivity index (χ1) is 16.5. The molecule has 4 aromatic rings. The van der Waals surface area contributed by atoms with Gasteiger partial charge in [-0.3, -0.25) is 9.59 Å². The molecule has 8 nitrogen and oxygen atoms in total. The second-order valence-electron chi connectivity index (χ2n) is 7.44. The Kier molecular flexibility index (Phi) is 6.88. The maximum atomic E-state index is 12.8. The number of amides is 2. The number of hydrogen-bond acceptors (Lipinski definition) is 5. The molecule has 0 fully saturated rings. The fourth-order valence-corrected chi connectivity index (χ4v) is 3.36. The van der Waals surface area contributed by atoms with Crippen molar-refractivity contribution >= 4 is 23.2 Å². The summed E-state index contributed by atoms with van der Waals surface area (Å²) < 4.78 is 12.5. The molecule has 0 bridgehead atoms. The maximum absolute atomic E-state index is 12.8. The van der Waals surface area contributed by atoms with Gasteiger partial charge in [-0.05, 0) is 55.5 Å². The fraction of sp³-hybridized carbons (Fsp3) is 0.115. The molecule has 1 heterocycles. The standard InChI is InChI=1S/C26H24N4O4/c1-18-15-22(29-30(18)21-11-4-3-5-12-21)26(32)28-20-10-8-9-19(16-20)27-25(31)17-34-24-14-7-6-13-23(24)33-2/h3-16H,17H2,1-2H3,(H,27,31)(H,28,32). The van der Waals surface area contributed by atoms with Gasteiger partial charge in [-0.1, -0.05) is 36.4 Å². The first kappa shape index (κ1) is 22.6. The number of carbonyl (C=O) groups excluding carboxylic acids is 2. The topological polar surface area (TPSA) is 94.5 Å². The monoisotopic (exact) mass is 456 g/mol. The Morgan fingerprint density at radius 2 is 1.53 bits per heavy atom. The van der Waals surface area contributed by atoms with Gasteiger partial charge in [-0.2, -0.15) is 5.10 Å². The lowest BCUT2D eigenvalue weighted by Gasteiger charge is -2.11. The Bertz CT molecular complexity index is 1300. The van der Waals surface area contributed by atoms with Crippen molar-refractivity contribution in [1.82, 2.24) is 9.78 Å². The molecular formula is C26H24N4O4. The lowest BCUT2D eigenvalue weighted by atomic mass is 10.2. The van der Waals surface area contributed by atoms with Gasteiger partial charge in [0.1, 0.15) is 0 Å². The molecule has 2 N–H and O–H groups in total. The number of nitrogens with zero attached hydrogens (tertiary/aromatic N) is 2. The van der Waals surface area contributed by atoms with Crippen LogP contribution in [0.2, 0.25) is 0 Å². The van der Waals surface area contributed by atoms with Crippen LogP contribution in [-0.2, 0) is 4.79 Å². The molecule has 0 atom stereocenters. The number of carbonyl (C=O) groups is 2. The molecule has 2 amide bonds. The molecule has 0 aliphatic rings. The Hall–Kier alpha value is -4.59. The van der Waals surface area contributed by atoms with Gasteiger partial charge in [0.05, 0.1) is 12.8 Å². The van der Waals surface area contributed by atoms with E-state index < -0.39 is 0 Å². The summed E-state index contributed by atoms with van der Waals surface area (Å²) in [5.41, 5.74) is 3.06. The number of methoxy groups -OCH3 is 1. The molecule has 0 aliphatic carbocycles. The first-order valence-electron chi connectivity index (χ1n) is 10.6. The van der Waals surface area contributed by atoms with Crippen molar-refractivity contribution < 1.29 is 19.1 Å². The van der Waals surface area contributed by atoms with E-state index in [1.54, 1.807) is 53.2 Å². The van der Waals surface area contributed by atoms with Crippen molar-refractivity contribution in [1.29, 1.82) is 0 Å². The molecule has 34 heavy (non-hydrogen) atoms. The summed E-state index contributed by atoms with van der Waals surface area (Å²) >= 11 is 0. The SMILES string of the molecule is COc1ccccc1OCC(=O)Nc1cccc(NC(=O)c2cc(C)n(-c3ccccc3)n2)c1. The minimum atomic E-state index is -0.347. The van der Waals surface area contributed by atoms with Crippen molar-refractivity contribution in [2.24, 2.45) is 0 Å². The molecule has 3 aromatic carbocycles. The van der Waals surface area contributed by atoms with Gasteiger partial charge < -0.3 is 20.1 Å². The van der Waals surface area contributed by atoms with Crippen LogP contribution in [0.5, 0.6) is 11.5 Å². The average molecular weight is 457 g/mol. The van der Waals surface area contributed by atoms with Crippen LogP contribution in [0.4, 0.5) is 11.4 Å². The molecular weight excluding hydrogens is 432 g/mol. The van der Waals surface area contributed by atoms with E-state index in [4.69, 9.17) is 9.47 Å². The third kappa shape index (κ3) is 5.42. The zero-order chi connectivity index (χ0) is 23.9. The van der Waals surface area contributed by atoms with E-state index in [0.717, 1.165) is 11.4 Å². The molecule has 0 aliphatic heterocycles. The smallest absolute Gasteiger partial charge is 0.276 e. The van der Waals surface area contributed by atoms with Gasteiger partial charge >= 0.3 is 0 Å². The largest absolute Gasteiger partial charge is 0.493 e. The highest BCUT2D eigenvalue weighted by molar-refractivity contribution is 6.03. The lowest BCUT2D eigenvalue weighted by Crippen LogP contribution is -2.20. The van der Waals surface area contributed by atoms with Gasteiger partial charge in [0, 0.05) is 17.1 Å². The predicted octanol–water partition coefficient (Wildman–Crippen LogP) is 4.46. The normalized spacial score (nSPS) is 10.4. The number of ether oxygens (including phenoxy) is 2. The number of aryl methyl sites for hydroxylation is 1. The summed E-state index contributed by atoms with van der Waals surface area (Å²) in [7, 11) is 1.54. The molecule has 172 valence electrons. The summed E-state index contributed by atoms with van der Waals surface area (Å²) in [6.45, 7) is 1.70. The number of rotatable bonds is 8. The highest BCUT2D eigenvalue weighted by Gasteiger charge is 2.14. The quantitative estimate of drug-likeness (QED) is 0.408. The van der Waals surface area contributed by atoms with E-state index >= 15 is 0 Å². The minimum absolute atomic E-state index is 0.187. The highest BCUT2D eigenvalue weighted by atomic mass is 16.5. The van der Waals surface area contributed by atoms with E-state index in [1.807, 2.05) is 43.3 Å². The molecule has 0 saturated carbocycles. The summed E-state index contributed by atoms with van der Waals surface area (Å²) in [4.78, 5) is 25.1. The first-order valence-corrected chi connectivity index (χ1v) is 10.6. The van der Waals surface area contributed by atoms with Crippen LogP contribution in [0, 0.1) is 6.92 Å². The number of benzene rings is 3. The van der Waals surface area contributed by atoms with Crippen LogP contribution < -0.4 is 20.1 Å². The molecule has 0 spiro atoms. The second-order valence-corrected chi connectivity index (χ2v) is 7.44. The number of hydrogen-bond donors (Lipinski definition) is 2. The Labute approximate surface area is 197 Å². The minimum Gasteiger partial charge on any atom is -0.493 e. The lowest BCUT2D eigenvalue weighted by molar-refractivity contribution is -0.118. The molecule has 0 unspecified atom stereocenters. The fourth-order valence-electron chi connectivity index (χ4n) is 3.36. The van der Waals surface area contributed by atoms with E-state index in [-0.39, 0.29) is 18.4 Å². The highest BCUT2D eigenvalue weighted by Crippen LogP contribution is 2.25. The van der Waals surface area contributed by atoms with Crippen molar-refractivity contribution in [3.63, 3.8) is 0 Å². The molecule has 4 rings (SSSR count). The molecule has 8 heteroatoms. The second kappa shape index (κ2) is 10.4. The average Bonchev–Trinajstić information content (AvgIpc) is 3.25. The van der Waals surface area contributed by atoms with Crippen LogP contribution in [0.25, 0.3) is 5.69 Å². The Morgan fingerprint density at radius 3 is 2.26 bits per heavy atom. The van der Waals surface area contributed by atoms with E-state index in [9.17, 15) is 9.59 Å². The van der Waals surface area contributed by atoms with Crippen LogP contribution >= 0.6 is 0 Å². The summed E-state index contributed by atoms with van der Waals surface area (Å²) in [6, 6.07) is 25.3. The van der Waals surface area contributed by atoms with Gasteiger partial charge in [-0.25, -0.2) is 4.68 Å². The van der Waals surface area contributed by atoms with Crippen molar-refractivity contribution in [3.05, 3.63) is 96.3 Å². The predicted molar refractivity (Wildman–Crippen MR) is 130 cm³/mol. The maximum Gasteiger partial charge on any atom is 0.276 e. The zero-order valence-corrected chi connectivity index (χ0v) is 18.8. The van der Waals surface area contributed by atoms with Gasteiger partial charge in [0.2, 0.25) is 0 Å². The third-order valence-corrected chi connectivity index (χ3v) is 4.95. The van der Waals surface area contributed by atoms with Crippen molar-refractivity contribution in [3.8, 4) is 17.2 Å². The number of para-hydroxylation sites is 3.